The normalized spacial score (nSPS) is 11.6. The summed E-state index contributed by atoms with van der Waals surface area (Å²) >= 11 is 0. The van der Waals surface area contributed by atoms with Crippen LogP contribution in [0.15, 0.2) is 91.0 Å². The quantitative estimate of drug-likeness (QED) is 0.310. The van der Waals surface area contributed by atoms with Crippen molar-refractivity contribution >= 4 is 40.2 Å². The van der Waals surface area contributed by atoms with Gasteiger partial charge in [-0.15, -0.1) is 17.0 Å². The molecule has 0 aliphatic rings. The molecule has 0 saturated carbocycles. The van der Waals surface area contributed by atoms with Crippen LogP contribution in [0.4, 0.5) is 0 Å². The molecule has 0 unspecified atom stereocenters. The van der Waals surface area contributed by atoms with Gasteiger partial charge in [-0.25, -0.2) is 0 Å². The van der Waals surface area contributed by atoms with Crippen LogP contribution in [0.2, 0.25) is 0 Å². The molecule has 0 aliphatic heterocycles. The fourth-order valence-electron chi connectivity index (χ4n) is 3.92. The van der Waals surface area contributed by atoms with Crippen LogP contribution >= 0.6 is 24.2 Å². The third-order valence-electron chi connectivity index (χ3n) is 5.21. The summed E-state index contributed by atoms with van der Waals surface area (Å²) in [7, 11) is -1.97. The van der Waals surface area contributed by atoms with E-state index in [9.17, 15) is 0 Å². The summed E-state index contributed by atoms with van der Waals surface area (Å²) in [5.74, 6) is 0. The molecule has 2 heteroatoms. The zero-order chi connectivity index (χ0) is 17.4. The Morgan fingerprint density at radius 2 is 0.923 bits per heavy atom. The Hall–Kier alpha value is -1.43. The molecule has 0 spiro atoms. The Kier molecular flexibility index (Phi) is 8.55. The summed E-state index contributed by atoms with van der Waals surface area (Å²) in [6, 6.07) is 33.7. The second-order valence-electron chi connectivity index (χ2n) is 6.81. The van der Waals surface area contributed by atoms with Crippen molar-refractivity contribution in [3.63, 3.8) is 0 Å². The van der Waals surface area contributed by atoms with Crippen molar-refractivity contribution in [1.82, 2.24) is 0 Å². The summed E-state index contributed by atoms with van der Waals surface area (Å²) < 4.78 is 0. The van der Waals surface area contributed by atoms with E-state index in [1.54, 1.807) is 0 Å². The third-order valence-corrected chi connectivity index (χ3v) is 10.3. The standard InChI is InChI=1S/C24H29P.BrH/c1-2-3-4-14-21-25(22-15-8-5-9-16-22,23-17-10-6-11-18-23)24-19-12-7-13-20-24;/h5-13,15-20,25H,2-4,14,21H2,1H3;1H. The van der Waals surface area contributed by atoms with Gasteiger partial charge in [0.25, 0.3) is 0 Å². The van der Waals surface area contributed by atoms with E-state index in [2.05, 4.69) is 97.9 Å². The molecule has 0 bridgehead atoms. The van der Waals surface area contributed by atoms with E-state index in [-0.39, 0.29) is 17.0 Å². The minimum atomic E-state index is -1.97. The molecule has 0 aromatic heterocycles. The van der Waals surface area contributed by atoms with Gasteiger partial charge >= 0.3 is 153 Å². The van der Waals surface area contributed by atoms with Crippen LogP contribution in [0.3, 0.4) is 0 Å². The molecule has 0 N–H and O–H groups in total. The van der Waals surface area contributed by atoms with Crippen molar-refractivity contribution in [2.45, 2.75) is 32.6 Å². The van der Waals surface area contributed by atoms with E-state index in [0.717, 1.165) is 0 Å². The van der Waals surface area contributed by atoms with Gasteiger partial charge in [0.05, 0.1) is 0 Å². The topological polar surface area (TPSA) is 0 Å². The van der Waals surface area contributed by atoms with Gasteiger partial charge in [-0.05, 0) is 0 Å². The van der Waals surface area contributed by atoms with Crippen LogP contribution in [-0.4, -0.2) is 6.16 Å². The van der Waals surface area contributed by atoms with Crippen molar-refractivity contribution in [3.05, 3.63) is 91.0 Å². The van der Waals surface area contributed by atoms with Crippen molar-refractivity contribution in [1.29, 1.82) is 0 Å². The molecule has 0 saturated heterocycles. The molecule has 3 rings (SSSR count). The summed E-state index contributed by atoms with van der Waals surface area (Å²) in [5, 5.41) is 4.59. The maximum absolute atomic E-state index is 2.35. The predicted molar refractivity (Wildman–Crippen MR) is 126 cm³/mol. The molecule has 26 heavy (non-hydrogen) atoms. The Morgan fingerprint density at radius 1 is 0.538 bits per heavy atom. The number of rotatable bonds is 8. The molecule has 0 atom stereocenters. The van der Waals surface area contributed by atoms with E-state index in [1.165, 1.54) is 47.8 Å². The molecule has 0 amide bonds. The van der Waals surface area contributed by atoms with Gasteiger partial charge in [0.2, 0.25) is 0 Å². The molecule has 0 radical (unpaired) electrons. The monoisotopic (exact) mass is 428 g/mol. The predicted octanol–water partition coefficient (Wildman–Crippen LogP) is 5.87. The summed E-state index contributed by atoms with van der Waals surface area (Å²) in [6.45, 7) is 2.29. The van der Waals surface area contributed by atoms with Crippen molar-refractivity contribution < 1.29 is 0 Å². The minimum absolute atomic E-state index is 0. The number of unbranched alkanes of at least 4 members (excludes halogenated alkanes) is 3. The Morgan fingerprint density at radius 3 is 1.27 bits per heavy atom. The second kappa shape index (κ2) is 10.7. The average Bonchev–Trinajstić information content (AvgIpc) is 2.70. The molecule has 0 heterocycles. The summed E-state index contributed by atoms with van der Waals surface area (Å²) in [4.78, 5) is 0. The zero-order valence-electron chi connectivity index (χ0n) is 15.6. The fourth-order valence-corrected chi connectivity index (χ4v) is 8.85. The maximum atomic E-state index is 2.35. The first-order valence-electron chi connectivity index (χ1n) is 9.54. The van der Waals surface area contributed by atoms with E-state index in [0.29, 0.717) is 0 Å². The van der Waals surface area contributed by atoms with Gasteiger partial charge < -0.3 is 0 Å². The first-order chi connectivity index (χ1) is 12.4. The van der Waals surface area contributed by atoms with Crippen molar-refractivity contribution in [2.24, 2.45) is 0 Å². The van der Waals surface area contributed by atoms with Gasteiger partial charge in [0, 0.05) is 0 Å². The van der Waals surface area contributed by atoms with Crippen LogP contribution in [0.5, 0.6) is 0 Å². The number of hydrogen-bond acceptors (Lipinski definition) is 0. The van der Waals surface area contributed by atoms with Crippen LogP contribution in [0.1, 0.15) is 32.6 Å². The molecule has 0 fully saturated rings. The van der Waals surface area contributed by atoms with Crippen molar-refractivity contribution in [3.8, 4) is 0 Å². The molecule has 3 aromatic carbocycles. The fraction of sp³-hybridized carbons (Fsp3) is 0.250. The van der Waals surface area contributed by atoms with Gasteiger partial charge in [-0.2, -0.15) is 0 Å². The summed E-state index contributed by atoms with van der Waals surface area (Å²) in [6.07, 6.45) is 6.54. The number of hydrogen-bond donors (Lipinski definition) is 0. The average molecular weight is 429 g/mol. The number of halogens is 1. The second-order valence-corrected chi connectivity index (χ2v) is 10.9. The third kappa shape index (κ3) is 4.64. The van der Waals surface area contributed by atoms with Gasteiger partial charge in [-0.1, -0.05) is 0 Å². The Bertz CT molecular complexity index is 644. The van der Waals surface area contributed by atoms with Crippen LogP contribution < -0.4 is 15.9 Å². The number of benzene rings is 3. The van der Waals surface area contributed by atoms with Crippen LogP contribution in [0.25, 0.3) is 0 Å². The van der Waals surface area contributed by atoms with E-state index >= 15 is 0 Å². The van der Waals surface area contributed by atoms with Gasteiger partial charge in [0.15, 0.2) is 0 Å². The van der Waals surface area contributed by atoms with E-state index in [1.807, 2.05) is 0 Å². The van der Waals surface area contributed by atoms with Crippen LogP contribution in [0, 0.1) is 0 Å². The Balaban J connectivity index is 0.00000243. The Labute approximate surface area is 169 Å². The summed E-state index contributed by atoms with van der Waals surface area (Å²) in [5.41, 5.74) is 0. The first-order valence-corrected chi connectivity index (χ1v) is 11.7. The molecule has 0 nitrogen and oxygen atoms in total. The SMILES string of the molecule is Br.CCCCCC[PH](c1ccccc1)(c1ccccc1)c1ccccc1. The molecular formula is C24H30BrP. The van der Waals surface area contributed by atoms with Crippen LogP contribution in [-0.2, 0) is 0 Å². The molecule has 3 aromatic rings. The first kappa shape index (κ1) is 20.9. The van der Waals surface area contributed by atoms with Gasteiger partial charge in [-0.3, -0.25) is 0 Å². The zero-order valence-corrected chi connectivity index (χ0v) is 18.3. The van der Waals surface area contributed by atoms with Gasteiger partial charge in [0.1, 0.15) is 0 Å². The van der Waals surface area contributed by atoms with E-state index in [4.69, 9.17) is 0 Å². The van der Waals surface area contributed by atoms with Crippen molar-refractivity contribution in [2.75, 3.05) is 6.16 Å². The molecule has 0 aliphatic carbocycles. The molecular weight excluding hydrogens is 399 g/mol. The van der Waals surface area contributed by atoms with E-state index < -0.39 is 7.26 Å². The molecule has 138 valence electrons.